The van der Waals surface area contributed by atoms with Crippen molar-refractivity contribution >= 4 is 51.9 Å². The molecular formula is C25H26N4O2S2. The maximum atomic E-state index is 12.5. The Labute approximate surface area is 203 Å². The molecule has 2 heterocycles. The Morgan fingerprint density at radius 3 is 2.27 bits per heavy atom. The van der Waals surface area contributed by atoms with E-state index in [9.17, 15) is 9.59 Å². The topological polar surface area (TPSA) is 64.7 Å². The lowest BCUT2D eigenvalue weighted by Gasteiger charge is -2.36. The molecule has 1 aromatic heterocycles. The number of piperazine rings is 1. The summed E-state index contributed by atoms with van der Waals surface area (Å²) in [5.74, 6) is -0.122. The van der Waals surface area contributed by atoms with Gasteiger partial charge < -0.3 is 15.1 Å². The van der Waals surface area contributed by atoms with E-state index in [1.165, 1.54) is 16.9 Å². The van der Waals surface area contributed by atoms with Gasteiger partial charge in [-0.1, -0.05) is 25.1 Å². The number of carbonyl (C=O) groups is 2. The zero-order valence-corrected chi connectivity index (χ0v) is 20.0. The van der Waals surface area contributed by atoms with Crippen LogP contribution in [0.15, 0.2) is 66.0 Å². The maximum absolute atomic E-state index is 12.5. The van der Waals surface area contributed by atoms with Crippen molar-refractivity contribution in [1.29, 1.82) is 0 Å². The van der Waals surface area contributed by atoms with Gasteiger partial charge in [0.15, 0.2) is 5.11 Å². The Hall–Kier alpha value is -3.23. The molecule has 1 aliphatic heterocycles. The minimum Gasteiger partial charge on any atom is -0.368 e. The number of hydrogen-bond donors (Lipinski definition) is 2. The van der Waals surface area contributed by atoms with Crippen LogP contribution in [0.4, 0.5) is 11.4 Å². The fourth-order valence-corrected chi connectivity index (χ4v) is 4.61. The molecule has 33 heavy (non-hydrogen) atoms. The third kappa shape index (κ3) is 5.77. The number of nitrogens with zero attached hydrogens (tertiary/aromatic N) is 2. The summed E-state index contributed by atoms with van der Waals surface area (Å²) in [4.78, 5) is 29.9. The van der Waals surface area contributed by atoms with Crippen LogP contribution in [-0.2, 0) is 6.42 Å². The first-order valence-corrected chi connectivity index (χ1v) is 12.2. The van der Waals surface area contributed by atoms with Crippen LogP contribution in [0.5, 0.6) is 0 Å². The van der Waals surface area contributed by atoms with E-state index in [0.29, 0.717) is 18.7 Å². The lowest BCUT2D eigenvalue weighted by Crippen LogP contribution is -2.48. The minimum absolute atomic E-state index is 0.112. The van der Waals surface area contributed by atoms with Gasteiger partial charge in [-0.3, -0.25) is 14.9 Å². The highest BCUT2D eigenvalue weighted by molar-refractivity contribution is 7.80. The van der Waals surface area contributed by atoms with Gasteiger partial charge in [-0.2, -0.15) is 0 Å². The molecule has 8 heteroatoms. The summed E-state index contributed by atoms with van der Waals surface area (Å²) in [6, 6.07) is 19.2. The Morgan fingerprint density at radius 2 is 1.67 bits per heavy atom. The lowest BCUT2D eigenvalue weighted by molar-refractivity contribution is 0.0751. The number of amides is 2. The molecule has 0 unspecified atom stereocenters. The minimum atomic E-state index is -0.235. The molecular weight excluding hydrogens is 452 g/mol. The summed E-state index contributed by atoms with van der Waals surface area (Å²) in [7, 11) is 0. The van der Waals surface area contributed by atoms with Crippen LogP contribution in [0, 0.1) is 0 Å². The molecule has 0 atom stereocenters. The average molecular weight is 479 g/mol. The monoisotopic (exact) mass is 478 g/mol. The van der Waals surface area contributed by atoms with Crippen molar-refractivity contribution in [2.24, 2.45) is 0 Å². The highest BCUT2D eigenvalue weighted by Gasteiger charge is 2.22. The van der Waals surface area contributed by atoms with E-state index in [2.05, 4.69) is 22.5 Å². The number of thiocarbonyl (C=S) groups is 1. The Balaban J connectivity index is 1.27. The van der Waals surface area contributed by atoms with Gasteiger partial charge in [0.05, 0.1) is 4.88 Å². The van der Waals surface area contributed by atoms with E-state index in [-0.39, 0.29) is 16.9 Å². The standard InChI is InChI=1S/C25H26N4O2S2/c1-2-18-5-7-19(8-6-18)23(30)27-25(32)26-20-9-11-21(12-10-20)28-13-15-29(16-14-28)24(31)22-4-3-17-33-22/h3-12,17H,2,13-16H2,1H3,(H2,26,27,30,32). The summed E-state index contributed by atoms with van der Waals surface area (Å²) in [6.07, 6.45) is 0.931. The van der Waals surface area contributed by atoms with Crippen molar-refractivity contribution < 1.29 is 9.59 Å². The van der Waals surface area contributed by atoms with Crippen LogP contribution in [-0.4, -0.2) is 48.0 Å². The van der Waals surface area contributed by atoms with Crippen LogP contribution in [0.2, 0.25) is 0 Å². The molecule has 3 aromatic rings. The third-order valence-electron chi connectivity index (χ3n) is 5.64. The summed E-state index contributed by atoms with van der Waals surface area (Å²) in [5, 5.41) is 7.97. The molecule has 4 rings (SSSR count). The van der Waals surface area contributed by atoms with Gasteiger partial charge in [-0.25, -0.2) is 0 Å². The molecule has 1 fully saturated rings. The van der Waals surface area contributed by atoms with Crippen LogP contribution in [0.3, 0.4) is 0 Å². The molecule has 0 aliphatic carbocycles. The van der Waals surface area contributed by atoms with Crippen molar-refractivity contribution in [2.75, 3.05) is 36.4 Å². The first-order valence-electron chi connectivity index (χ1n) is 10.9. The smallest absolute Gasteiger partial charge is 0.264 e. The summed E-state index contributed by atoms with van der Waals surface area (Å²) >= 11 is 6.78. The Kier molecular flexibility index (Phi) is 7.36. The number of aryl methyl sites for hydroxylation is 1. The summed E-state index contributed by atoms with van der Waals surface area (Å²) < 4.78 is 0. The van der Waals surface area contributed by atoms with Crippen LogP contribution < -0.4 is 15.5 Å². The van der Waals surface area contributed by atoms with Crippen molar-refractivity contribution in [3.8, 4) is 0 Å². The summed E-state index contributed by atoms with van der Waals surface area (Å²) in [5.41, 5.74) is 3.65. The number of nitrogens with one attached hydrogen (secondary N) is 2. The van der Waals surface area contributed by atoms with Crippen molar-refractivity contribution in [3.63, 3.8) is 0 Å². The number of rotatable bonds is 5. The lowest BCUT2D eigenvalue weighted by atomic mass is 10.1. The van der Waals surface area contributed by atoms with E-state index in [0.717, 1.165) is 35.8 Å². The molecule has 0 spiro atoms. The fourth-order valence-electron chi connectivity index (χ4n) is 3.71. The van der Waals surface area contributed by atoms with Gasteiger partial charge in [-0.05, 0) is 72.0 Å². The van der Waals surface area contributed by atoms with E-state index in [1.807, 2.05) is 58.8 Å². The number of anilines is 2. The Bertz CT molecular complexity index is 1100. The zero-order chi connectivity index (χ0) is 23.2. The molecule has 2 N–H and O–H groups in total. The average Bonchev–Trinajstić information content (AvgIpc) is 3.39. The molecule has 0 radical (unpaired) electrons. The van der Waals surface area contributed by atoms with E-state index >= 15 is 0 Å². The number of carbonyl (C=O) groups excluding carboxylic acids is 2. The number of benzene rings is 2. The molecule has 0 saturated carbocycles. The molecule has 2 amide bonds. The zero-order valence-electron chi connectivity index (χ0n) is 18.4. The van der Waals surface area contributed by atoms with Crippen molar-refractivity contribution in [3.05, 3.63) is 82.0 Å². The normalized spacial score (nSPS) is 13.5. The second kappa shape index (κ2) is 10.6. The first kappa shape index (κ1) is 22.9. The SMILES string of the molecule is CCc1ccc(C(=O)NC(=S)Nc2ccc(N3CCN(C(=O)c4cccs4)CC3)cc2)cc1. The van der Waals surface area contributed by atoms with Gasteiger partial charge >= 0.3 is 0 Å². The molecule has 170 valence electrons. The predicted octanol–water partition coefficient (Wildman–Crippen LogP) is 4.40. The van der Waals surface area contributed by atoms with E-state index < -0.39 is 0 Å². The molecule has 6 nitrogen and oxygen atoms in total. The van der Waals surface area contributed by atoms with E-state index in [4.69, 9.17) is 12.2 Å². The van der Waals surface area contributed by atoms with Crippen LogP contribution in [0.25, 0.3) is 0 Å². The largest absolute Gasteiger partial charge is 0.368 e. The first-order chi connectivity index (χ1) is 16.0. The van der Waals surface area contributed by atoms with Crippen molar-refractivity contribution in [2.45, 2.75) is 13.3 Å². The summed E-state index contributed by atoms with van der Waals surface area (Å²) in [6.45, 7) is 5.05. The fraction of sp³-hybridized carbons (Fsp3) is 0.240. The van der Waals surface area contributed by atoms with E-state index in [1.54, 1.807) is 12.1 Å². The van der Waals surface area contributed by atoms with Crippen molar-refractivity contribution in [1.82, 2.24) is 10.2 Å². The second-order valence-electron chi connectivity index (χ2n) is 7.76. The quantitative estimate of drug-likeness (QED) is 0.532. The van der Waals surface area contributed by atoms with Gasteiger partial charge in [-0.15, -0.1) is 11.3 Å². The number of hydrogen-bond acceptors (Lipinski definition) is 5. The van der Waals surface area contributed by atoms with Gasteiger partial charge in [0.2, 0.25) is 0 Å². The van der Waals surface area contributed by atoms with Gasteiger partial charge in [0, 0.05) is 43.1 Å². The second-order valence-corrected chi connectivity index (χ2v) is 9.12. The highest BCUT2D eigenvalue weighted by Crippen LogP contribution is 2.21. The Morgan fingerprint density at radius 1 is 0.970 bits per heavy atom. The number of thiophene rings is 1. The van der Waals surface area contributed by atoms with Crippen LogP contribution >= 0.6 is 23.6 Å². The molecule has 2 aromatic carbocycles. The van der Waals surface area contributed by atoms with Gasteiger partial charge in [0.1, 0.15) is 0 Å². The predicted molar refractivity (Wildman–Crippen MR) is 138 cm³/mol. The molecule has 0 bridgehead atoms. The third-order valence-corrected chi connectivity index (χ3v) is 6.70. The molecule has 1 saturated heterocycles. The van der Waals surface area contributed by atoms with Crippen LogP contribution in [0.1, 0.15) is 32.5 Å². The molecule has 1 aliphatic rings. The maximum Gasteiger partial charge on any atom is 0.264 e. The highest BCUT2D eigenvalue weighted by atomic mass is 32.1. The van der Waals surface area contributed by atoms with Gasteiger partial charge in [0.25, 0.3) is 11.8 Å².